The van der Waals surface area contributed by atoms with E-state index < -0.39 is 12.0 Å². The van der Waals surface area contributed by atoms with Gasteiger partial charge in [0.05, 0.1) is 5.37 Å². The minimum Gasteiger partial charge on any atom is -0.480 e. The zero-order chi connectivity index (χ0) is 14.7. The molecule has 1 aliphatic heterocycles. The van der Waals surface area contributed by atoms with Crippen LogP contribution in [0.5, 0.6) is 0 Å². The van der Waals surface area contributed by atoms with Gasteiger partial charge in [0.1, 0.15) is 6.04 Å². The highest BCUT2D eigenvalue weighted by molar-refractivity contribution is 8.00. The fourth-order valence-electron chi connectivity index (χ4n) is 3.10. The molecule has 2 aliphatic rings. The third-order valence-electron chi connectivity index (χ3n) is 4.04. The molecule has 1 saturated carbocycles. The Kier molecular flexibility index (Phi) is 5.13. The Morgan fingerprint density at radius 1 is 1.20 bits per heavy atom. The van der Waals surface area contributed by atoms with E-state index in [-0.39, 0.29) is 11.3 Å². The lowest BCUT2D eigenvalue weighted by molar-refractivity contribution is -0.147. The van der Waals surface area contributed by atoms with Gasteiger partial charge < -0.3 is 10.0 Å². The maximum atomic E-state index is 12.4. The first-order chi connectivity index (χ1) is 9.50. The van der Waals surface area contributed by atoms with Crippen LogP contribution < -0.4 is 0 Å². The van der Waals surface area contributed by atoms with Crippen LogP contribution in [0.2, 0.25) is 0 Å². The fraction of sp³-hybridized carbons (Fsp3) is 0.733. The Balaban J connectivity index is 2.19. The van der Waals surface area contributed by atoms with E-state index in [2.05, 4.69) is 0 Å². The molecule has 112 valence electrons. The maximum absolute atomic E-state index is 12.4. The summed E-state index contributed by atoms with van der Waals surface area (Å²) in [6, 6.07) is -0.671. The van der Waals surface area contributed by atoms with Gasteiger partial charge in [0, 0.05) is 11.8 Å². The van der Waals surface area contributed by atoms with Gasteiger partial charge >= 0.3 is 5.97 Å². The van der Waals surface area contributed by atoms with Crippen molar-refractivity contribution in [2.24, 2.45) is 5.92 Å². The van der Waals surface area contributed by atoms with Gasteiger partial charge in [-0.3, -0.25) is 4.79 Å². The molecule has 1 aliphatic carbocycles. The van der Waals surface area contributed by atoms with Crippen LogP contribution in [-0.2, 0) is 9.59 Å². The van der Waals surface area contributed by atoms with E-state index in [0.717, 1.165) is 18.4 Å². The van der Waals surface area contributed by atoms with Gasteiger partial charge in [-0.2, -0.15) is 0 Å². The van der Waals surface area contributed by atoms with Crippen LogP contribution >= 0.6 is 11.8 Å². The number of allylic oxidation sites excluding steroid dienone is 1. The lowest BCUT2D eigenvalue weighted by Crippen LogP contribution is -2.47. The topological polar surface area (TPSA) is 57.6 Å². The molecule has 2 unspecified atom stereocenters. The van der Waals surface area contributed by atoms with Crippen molar-refractivity contribution < 1.29 is 14.7 Å². The Morgan fingerprint density at radius 3 is 2.40 bits per heavy atom. The van der Waals surface area contributed by atoms with Crippen molar-refractivity contribution in [1.82, 2.24) is 4.90 Å². The lowest BCUT2D eigenvalue weighted by Gasteiger charge is -2.34. The van der Waals surface area contributed by atoms with Crippen molar-refractivity contribution in [3.05, 3.63) is 11.6 Å². The van der Waals surface area contributed by atoms with Crippen molar-refractivity contribution in [2.45, 2.75) is 57.4 Å². The number of nitrogens with zero attached hydrogens (tertiary/aromatic N) is 1. The van der Waals surface area contributed by atoms with Crippen molar-refractivity contribution in [3.63, 3.8) is 0 Å². The molecule has 1 saturated heterocycles. The summed E-state index contributed by atoms with van der Waals surface area (Å²) in [5.74, 6) is -0.0596. The van der Waals surface area contributed by atoms with Crippen LogP contribution in [-0.4, -0.2) is 39.1 Å². The van der Waals surface area contributed by atoms with Gasteiger partial charge in [-0.05, 0) is 32.6 Å². The van der Waals surface area contributed by atoms with E-state index in [1.165, 1.54) is 19.3 Å². The van der Waals surface area contributed by atoms with Gasteiger partial charge in [-0.1, -0.05) is 24.8 Å². The van der Waals surface area contributed by atoms with E-state index in [0.29, 0.717) is 11.7 Å². The number of aliphatic carboxylic acids is 1. The van der Waals surface area contributed by atoms with Crippen LogP contribution in [0.25, 0.3) is 0 Å². The molecule has 1 heterocycles. The quantitative estimate of drug-likeness (QED) is 0.814. The number of hydrogen-bond donors (Lipinski definition) is 1. The number of carboxylic acid groups (broad SMARTS) is 1. The minimum atomic E-state index is -0.883. The highest BCUT2D eigenvalue weighted by Crippen LogP contribution is 2.40. The first kappa shape index (κ1) is 15.4. The molecular formula is C15H23NO3S. The molecule has 1 N–H and O–H groups in total. The average Bonchev–Trinajstić information content (AvgIpc) is 2.83. The van der Waals surface area contributed by atoms with Crippen molar-refractivity contribution in [2.75, 3.05) is 5.75 Å². The van der Waals surface area contributed by atoms with Gasteiger partial charge in [0.15, 0.2) is 0 Å². The molecule has 20 heavy (non-hydrogen) atoms. The third kappa shape index (κ3) is 3.37. The number of carbonyl (C=O) groups excluding carboxylic acids is 1. The molecule has 0 aromatic rings. The number of carboxylic acids is 1. The summed E-state index contributed by atoms with van der Waals surface area (Å²) in [6.07, 6.45) is 7.45. The second-order valence-corrected chi connectivity index (χ2v) is 7.09. The molecule has 5 heteroatoms. The molecule has 0 radical (unpaired) electrons. The van der Waals surface area contributed by atoms with Gasteiger partial charge in [0.25, 0.3) is 0 Å². The third-order valence-corrected chi connectivity index (χ3v) is 5.50. The van der Waals surface area contributed by atoms with E-state index in [4.69, 9.17) is 0 Å². The Hall–Kier alpha value is -0.970. The second-order valence-electron chi connectivity index (χ2n) is 5.94. The molecule has 2 rings (SSSR count). The Bertz CT molecular complexity index is 411. The minimum absolute atomic E-state index is 0.0412. The van der Waals surface area contributed by atoms with Gasteiger partial charge in [-0.25, -0.2) is 4.79 Å². The van der Waals surface area contributed by atoms with E-state index >= 15 is 0 Å². The van der Waals surface area contributed by atoms with Crippen LogP contribution in [0.3, 0.4) is 0 Å². The van der Waals surface area contributed by atoms with Crippen LogP contribution in [0.15, 0.2) is 11.6 Å². The largest absolute Gasteiger partial charge is 0.480 e. The molecular weight excluding hydrogens is 274 g/mol. The summed E-state index contributed by atoms with van der Waals surface area (Å²) < 4.78 is 0. The standard InChI is InChI=1S/C15H23NO3S/c1-10(2)8-13(17)16-12(15(18)19)9-20-14(16)11-6-4-3-5-7-11/h8,11-12,14H,3-7,9H2,1-2H3,(H,18,19). The van der Waals surface area contributed by atoms with Crippen LogP contribution in [0.1, 0.15) is 46.0 Å². The summed E-state index contributed by atoms with van der Waals surface area (Å²) in [7, 11) is 0. The fourth-order valence-corrected chi connectivity index (χ4v) is 4.74. The molecule has 0 aromatic carbocycles. The smallest absolute Gasteiger partial charge is 0.327 e. The summed E-state index contributed by atoms with van der Waals surface area (Å²) in [5, 5.41) is 9.40. The first-order valence-corrected chi connectivity index (χ1v) is 8.37. The Labute approximate surface area is 124 Å². The summed E-state index contributed by atoms with van der Waals surface area (Å²) in [4.78, 5) is 25.4. The second kappa shape index (κ2) is 6.66. The molecule has 0 aromatic heterocycles. The number of carbonyl (C=O) groups is 2. The average molecular weight is 297 g/mol. The maximum Gasteiger partial charge on any atom is 0.327 e. The number of hydrogen-bond acceptors (Lipinski definition) is 3. The molecule has 0 bridgehead atoms. The van der Waals surface area contributed by atoms with Crippen molar-refractivity contribution >= 4 is 23.6 Å². The summed E-state index contributed by atoms with van der Waals surface area (Å²) in [6.45, 7) is 3.74. The van der Waals surface area contributed by atoms with Crippen LogP contribution in [0, 0.1) is 5.92 Å². The monoisotopic (exact) mass is 297 g/mol. The van der Waals surface area contributed by atoms with Crippen molar-refractivity contribution in [3.8, 4) is 0 Å². The highest BCUT2D eigenvalue weighted by Gasteiger charge is 2.44. The number of rotatable bonds is 3. The molecule has 4 nitrogen and oxygen atoms in total. The Morgan fingerprint density at radius 2 is 1.85 bits per heavy atom. The zero-order valence-electron chi connectivity index (χ0n) is 12.2. The first-order valence-electron chi connectivity index (χ1n) is 7.32. The summed E-state index contributed by atoms with van der Waals surface area (Å²) in [5.41, 5.74) is 0.915. The lowest BCUT2D eigenvalue weighted by atomic mass is 9.88. The molecule has 2 atom stereocenters. The molecule has 1 amide bonds. The summed E-state index contributed by atoms with van der Waals surface area (Å²) >= 11 is 1.64. The highest BCUT2D eigenvalue weighted by atomic mass is 32.2. The molecule has 0 spiro atoms. The van der Waals surface area contributed by atoms with Gasteiger partial charge in [-0.15, -0.1) is 11.8 Å². The van der Waals surface area contributed by atoms with E-state index in [9.17, 15) is 14.7 Å². The van der Waals surface area contributed by atoms with E-state index in [1.807, 2.05) is 13.8 Å². The number of amides is 1. The van der Waals surface area contributed by atoms with Gasteiger partial charge in [0.2, 0.25) is 5.91 Å². The number of thioether (sulfide) groups is 1. The SMILES string of the molecule is CC(C)=CC(=O)N1C(C(=O)O)CSC1C1CCCCC1. The zero-order valence-corrected chi connectivity index (χ0v) is 13.0. The van der Waals surface area contributed by atoms with Crippen molar-refractivity contribution in [1.29, 1.82) is 0 Å². The van der Waals surface area contributed by atoms with E-state index in [1.54, 1.807) is 22.7 Å². The van der Waals surface area contributed by atoms with Crippen LogP contribution in [0.4, 0.5) is 0 Å². The normalized spacial score (nSPS) is 27.4. The predicted molar refractivity (Wildman–Crippen MR) is 80.5 cm³/mol. The predicted octanol–water partition coefficient (Wildman–Crippen LogP) is 2.89. The molecule has 2 fully saturated rings.